The molecule has 0 heterocycles. The largest absolute Gasteiger partial charge is 0.444 e. The summed E-state index contributed by atoms with van der Waals surface area (Å²) < 4.78 is 9.92. The van der Waals surface area contributed by atoms with E-state index in [0.29, 0.717) is 6.42 Å². The predicted molar refractivity (Wildman–Crippen MR) is 72.6 cm³/mol. The lowest BCUT2D eigenvalue weighted by Crippen LogP contribution is -2.49. The molecule has 112 valence electrons. The van der Waals surface area contributed by atoms with Crippen molar-refractivity contribution in [2.75, 3.05) is 13.8 Å². The predicted octanol–water partition coefficient (Wildman–Crippen LogP) is 1.65. The van der Waals surface area contributed by atoms with Crippen LogP contribution in [0, 0.1) is 5.92 Å². The van der Waals surface area contributed by atoms with Crippen molar-refractivity contribution in [3.63, 3.8) is 0 Å². The van der Waals surface area contributed by atoms with Crippen LogP contribution in [0.5, 0.6) is 0 Å². The molecule has 2 amide bonds. The van der Waals surface area contributed by atoms with Crippen LogP contribution in [0.1, 0.15) is 41.0 Å². The van der Waals surface area contributed by atoms with Gasteiger partial charge in [0, 0.05) is 7.11 Å². The first-order valence-electron chi connectivity index (χ1n) is 6.42. The van der Waals surface area contributed by atoms with Crippen LogP contribution in [0.15, 0.2) is 0 Å². The van der Waals surface area contributed by atoms with E-state index in [4.69, 9.17) is 9.47 Å². The van der Waals surface area contributed by atoms with E-state index < -0.39 is 17.7 Å². The van der Waals surface area contributed by atoms with Crippen molar-refractivity contribution in [1.82, 2.24) is 10.6 Å². The summed E-state index contributed by atoms with van der Waals surface area (Å²) in [7, 11) is 1.49. The maximum atomic E-state index is 11.9. The van der Waals surface area contributed by atoms with Gasteiger partial charge in [0.05, 0.1) is 0 Å². The zero-order valence-electron chi connectivity index (χ0n) is 12.7. The molecule has 0 aliphatic heterocycles. The Balaban J connectivity index is 4.50. The summed E-state index contributed by atoms with van der Waals surface area (Å²) >= 11 is 0. The van der Waals surface area contributed by atoms with Gasteiger partial charge >= 0.3 is 6.09 Å². The highest BCUT2D eigenvalue weighted by Gasteiger charge is 2.24. The van der Waals surface area contributed by atoms with Gasteiger partial charge in [-0.3, -0.25) is 4.79 Å². The molecule has 0 aliphatic rings. The Kier molecular flexibility index (Phi) is 7.44. The highest BCUT2D eigenvalue weighted by atomic mass is 16.6. The zero-order chi connectivity index (χ0) is 15.1. The number of carbonyl (C=O) groups excluding carboxylic acids is 2. The van der Waals surface area contributed by atoms with Crippen molar-refractivity contribution in [3.8, 4) is 0 Å². The molecule has 0 aromatic heterocycles. The van der Waals surface area contributed by atoms with E-state index in [1.54, 1.807) is 20.8 Å². The summed E-state index contributed by atoms with van der Waals surface area (Å²) in [5.41, 5.74) is -0.588. The quantitative estimate of drug-likeness (QED) is 0.722. The fourth-order valence-corrected chi connectivity index (χ4v) is 1.42. The van der Waals surface area contributed by atoms with Crippen molar-refractivity contribution >= 4 is 12.0 Å². The standard InChI is InChI=1S/C13H26N2O4/c1-9(2)7-10(11(16)14-8-18-6)15-12(17)19-13(3,4)5/h9-10H,7-8H2,1-6H3,(H,14,16)(H,15,17)/t10-/m1/s1. The highest BCUT2D eigenvalue weighted by molar-refractivity contribution is 5.85. The molecule has 0 rings (SSSR count). The fourth-order valence-electron chi connectivity index (χ4n) is 1.42. The van der Waals surface area contributed by atoms with Gasteiger partial charge in [-0.05, 0) is 33.1 Å². The molecule has 0 bridgehead atoms. The van der Waals surface area contributed by atoms with Gasteiger partial charge < -0.3 is 20.1 Å². The van der Waals surface area contributed by atoms with E-state index in [-0.39, 0.29) is 18.6 Å². The average molecular weight is 274 g/mol. The van der Waals surface area contributed by atoms with Crippen LogP contribution in [0.4, 0.5) is 4.79 Å². The van der Waals surface area contributed by atoms with Crippen LogP contribution in [-0.4, -0.2) is 37.5 Å². The number of amides is 2. The van der Waals surface area contributed by atoms with Crippen LogP contribution in [0.25, 0.3) is 0 Å². The normalized spacial score (nSPS) is 13.0. The molecule has 19 heavy (non-hydrogen) atoms. The molecular weight excluding hydrogens is 248 g/mol. The molecule has 0 aromatic rings. The molecule has 6 heteroatoms. The fraction of sp³-hybridized carbons (Fsp3) is 0.846. The lowest BCUT2D eigenvalue weighted by molar-refractivity contribution is -0.125. The van der Waals surface area contributed by atoms with Gasteiger partial charge in [-0.2, -0.15) is 0 Å². The Morgan fingerprint density at radius 1 is 1.21 bits per heavy atom. The lowest BCUT2D eigenvalue weighted by Gasteiger charge is -2.24. The molecule has 0 aliphatic carbocycles. The number of nitrogens with one attached hydrogen (secondary N) is 2. The maximum Gasteiger partial charge on any atom is 0.408 e. The molecular formula is C13H26N2O4. The van der Waals surface area contributed by atoms with E-state index in [9.17, 15) is 9.59 Å². The molecule has 0 radical (unpaired) electrons. The van der Waals surface area contributed by atoms with Crippen molar-refractivity contribution in [1.29, 1.82) is 0 Å². The second-order valence-electron chi connectivity index (χ2n) is 5.80. The van der Waals surface area contributed by atoms with Crippen LogP contribution < -0.4 is 10.6 Å². The summed E-state index contributed by atoms with van der Waals surface area (Å²) in [6, 6.07) is -0.620. The Bertz CT molecular complexity index is 298. The molecule has 0 fully saturated rings. The number of methoxy groups -OCH3 is 1. The minimum atomic E-state index is -0.620. The number of ether oxygens (including phenoxy) is 2. The number of alkyl carbamates (subject to hydrolysis) is 1. The number of hydrogen-bond acceptors (Lipinski definition) is 4. The molecule has 1 atom stereocenters. The Morgan fingerprint density at radius 3 is 2.21 bits per heavy atom. The Labute approximate surface area is 115 Å². The van der Waals surface area contributed by atoms with E-state index in [1.807, 2.05) is 13.8 Å². The summed E-state index contributed by atoms with van der Waals surface area (Å²) in [6.45, 7) is 9.39. The zero-order valence-corrected chi connectivity index (χ0v) is 12.7. The molecule has 0 saturated carbocycles. The second kappa shape index (κ2) is 7.99. The topological polar surface area (TPSA) is 76.7 Å². The highest BCUT2D eigenvalue weighted by Crippen LogP contribution is 2.09. The molecule has 0 unspecified atom stereocenters. The van der Waals surface area contributed by atoms with Gasteiger partial charge in [0.1, 0.15) is 18.4 Å². The van der Waals surface area contributed by atoms with Gasteiger partial charge in [-0.25, -0.2) is 4.79 Å². The van der Waals surface area contributed by atoms with E-state index in [2.05, 4.69) is 10.6 Å². The molecule has 2 N–H and O–H groups in total. The van der Waals surface area contributed by atoms with Gasteiger partial charge in [-0.15, -0.1) is 0 Å². The first kappa shape index (κ1) is 17.7. The first-order valence-corrected chi connectivity index (χ1v) is 6.42. The lowest BCUT2D eigenvalue weighted by atomic mass is 10.0. The summed E-state index contributed by atoms with van der Waals surface area (Å²) in [5.74, 6) is -0.00496. The summed E-state index contributed by atoms with van der Waals surface area (Å²) in [5, 5.41) is 5.16. The third kappa shape index (κ3) is 9.30. The van der Waals surface area contributed by atoms with E-state index in [1.165, 1.54) is 7.11 Å². The molecule has 6 nitrogen and oxygen atoms in total. The second-order valence-corrected chi connectivity index (χ2v) is 5.80. The molecule has 0 aromatic carbocycles. The van der Waals surface area contributed by atoms with Gasteiger partial charge in [0.2, 0.25) is 5.91 Å². The number of hydrogen-bond donors (Lipinski definition) is 2. The smallest absolute Gasteiger partial charge is 0.408 e. The first-order chi connectivity index (χ1) is 8.65. The van der Waals surface area contributed by atoms with Crippen LogP contribution in [0.3, 0.4) is 0 Å². The van der Waals surface area contributed by atoms with Crippen LogP contribution in [0.2, 0.25) is 0 Å². The monoisotopic (exact) mass is 274 g/mol. The van der Waals surface area contributed by atoms with Crippen LogP contribution >= 0.6 is 0 Å². The Hall–Kier alpha value is -1.30. The SMILES string of the molecule is COCNC(=O)[C@@H](CC(C)C)NC(=O)OC(C)(C)C. The van der Waals surface area contributed by atoms with E-state index >= 15 is 0 Å². The van der Waals surface area contributed by atoms with Gasteiger partial charge in [0.15, 0.2) is 0 Å². The van der Waals surface area contributed by atoms with Crippen molar-refractivity contribution < 1.29 is 19.1 Å². The average Bonchev–Trinajstić information content (AvgIpc) is 2.21. The van der Waals surface area contributed by atoms with Crippen molar-refractivity contribution in [2.45, 2.75) is 52.7 Å². The summed E-state index contributed by atoms with van der Waals surface area (Å²) in [6.07, 6.45) is -0.0554. The molecule has 0 spiro atoms. The molecule has 0 saturated heterocycles. The number of carbonyl (C=O) groups is 2. The van der Waals surface area contributed by atoms with Crippen molar-refractivity contribution in [3.05, 3.63) is 0 Å². The summed E-state index contributed by atoms with van der Waals surface area (Å²) in [4.78, 5) is 23.6. The third-order valence-electron chi connectivity index (χ3n) is 2.11. The van der Waals surface area contributed by atoms with Crippen LogP contribution in [-0.2, 0) is 14.3 Å². The third-order valence-corrected chi connectivity index (χ3v) is 2.11. The van der Waals surface area contributed by atoms with Gasteiger partial charge in [-0.1, -0.05) is 13.8 Å². The Morgan fingerprint density at radius 2 is 1.79 bits per heavy atom. The van der Waals surface area contributed by atoms with E-state index in [0.717, 1.165) is 0 Å². The number of rotatable bonds is 6. The minimum absolute atomic E-state index is 0.115. The minimum Gasteiger partial charge on any atom is -0.444 e. The van der Waals surface area contributed by atoms with Crippen molar-refractivity contribution in [2.24, 2.45) is 5.92 Å². The van der Waals surface area contributed by atoms with Gasteiger partial charge in [0.25, 0.3) is 0 Å². The maximum absolute atomic E-state index is 11.9.